The zero-order valence-corrected chi connectivity index (χ0v) is 10.8. The van der Waals surface area contributed by atoms with Crippen LogP contribution in [0.1, 0.15) is 13.3 Å². The summed E-state index contributed by atoms with van der Waals surface area (Å²) >= 11 is 0. The van der Waals surface area contributed by atoms with Gasteiger partial charge in [-0.1, -0.05) is 0 Å². The Hall–Kier alpha value is -1.51. The molecule has 0 aromatic carbocycles. The number of esters is 1. The molecule has 1 N–H and O–H groups in total. The Labute approximate surface area is 113 Å². The van der Waals surface area contributed by atoms with Crippen molar-refractivity contribution < 1.29 is 32.2 Å². The molecule has 0 radical (unpaired) electrons. The second-order valence-corrected chi connectivity index (χ2v) is 4.79. The maximum atomic E-state index is 12.3. The monoisotopic (exact) mass is 296 g/mol. The Morgan fingerprint density at radius 2 is 2.15 bits per heavy atom. The molecule has 0 aliphatic carbocycles. The zero-order valence-electron chi connectivity index (χ0n) is 10.8. The Kier molecular flexibility index (Phi) is 3.81. The van der Waals surface area contributed by atoms with E-state index in [0.29, 0.717) is 13.0 Å². The van der Waals surface area contributed by atoms with E-state index in [1.807, 2.05) is 0 Å². The molecule has 0 saturated carbocycles. The van der Waals surface area contributed by atoms with E-state index in [9.17, 15) is 22.8 Å². The second-order valence-electron chi connectivity index (χ2n) is 4.79. The van der Waals surface area contributed by atoms with Crippen molar-refractivity contribution in [3.63, 3.8) is 0 Å². The van der Waals surface area contributed by atoms with Gasteiger partial charge in [0.25, 0.3) is 0 Å². The van der Waals surface area contributed by atoms with E-state index in [1.165, 1.54) is 4.90 Å². The largest absolute Gasteiger partial charge is 0.490 e. The van der Waals surface area contributed by atoms with Crippen LogP contribution in [0, 0.1) is 0 Å². The molecule has 2 atom stereocenters. The van der Waals surface area contributed by atoms with E-state index in [0.717, 1.165) is 0 Å². The van der Waals surface area contributed by atoms with E-state index in [4.69, 9.17) is 4.74 Å². The fourth-order valence-corrected chi connectivity index (χ4v) is 2.44. The second kappa shape index (κ2) is 5.12. The van der Waals surface area contributed by atoms with Gasteiger partial charge in [-0.2, -0.15) is 13.2 Å². The van der Waals surface area contributed by atoms with Gasteiger partial charge < -0.3 is 19.7 Å². The molecule has 2 aliphatic rings. The Morgan fingerprint density at radius 3 is 2.65 bits per heavy atom. The molecule has 1 amide bonds. The van der Waals surface area contributed by atoms with E-state index >= 15 is 0 Å². The minimum Gasteiger partial charge on any atom is -0.450 e. The Balaban J connectivity index is 2.05. The third kappa shape index (κ3) is 2.67. The van der Waals surface area contributed by atoms with Crippen molar-refractivity contribution in [3.05, 3.63) is 0 Å². The number of carbonyl (C=O) groups is 2. The number of halogens is 3. The maximum absolute atomic E-state index is 12.3. The number of hydrogen-bond donors (Lipinski definition) is 1. The van der Waals surface area contributed by atoms with Crippen LogP contribution < -0.4 is 5.32 Å². The fraction of sp³-hybridized carbons (Fsp3) is 0.818. The number of hydrogen-bond acceptors (Lipinski definition) is 5. The highest BCUT2D eigenvalue weighted by Gasteiger charge is 2.57. The summed E-state index contributed by atoms with van der Waals surface area (Å²) in [4.78, 5) is 23.9. The van der Waals surface area contributed by atoms with Crippen LogP contribution in [0.5, 0.6) is 0 Å². The van der Waals surface area contributed by atoms with Gasteiger partial charge in [-0.05, 0) is 13.3 Å². The lowest BCUT2D eigenvalue weighted by atomic mass is 9.80. The molecule has 2 unspecified atom stereocenters. The summed E-state index contributed by atoms with van der Waals surface area (Å²) in [6.07, 6.45) is -5.24. The van der Waals surface area contributed by atoms with Gasteiger partial charge >= 0.3 is 18.2 Å². The molecular formula is C11H15F3N2O4. The molecule has 20 heavy (non-hydrogen) atoms. The molecule has 0 spiro atoms. The summed E-state index contributed by atoms with van der Waals surface area (Å²) in [5, 5.41) is 2.91. The summed E-state index contributed by atoms with van der Waals surface area (Å²) in [6, 6.07) is -0.362. The van der Waals surface area contributed by atoms with E-state index in [2.05, 4.69) is 10.1 Å². The van der Waals surface area contributed by atoms with Crippen molar-refractivity contribution in [1.82, 2.24) is 10.2 Å². The van der Waals surface area contributed by atoms with Crippen LogP contribution in [-0.2, 0) is 14.3 Å². The van der Waals surface area contributed by atoms with Gasteiger partial charge in [0.15, 0.2) is 5.60 Å². The van der Waals surface area contributed by atoms with Crippen molar-refractivity contribution >= 4 is 12.1 Å². The van der Waals surface area contributed by atoms with Crippen LogP contribution in [0.4, 0.5) is 18.0 Å². The van der Waals surface area contributed by atoms with Gasteiger partial charge in [-0.25, -0.2) is 9.59 Å². The number of nitrogens with one attached hydrogen (secondary N) is 1. The average Bonchev–Trinajstić information content (AvgIpc) is 2.32. The van der Waals surface area contributed by atoms with Gasteiger partial charge in [0.05, 0.1) is 19.2 Å². The van der Waals surface area contributed by atoms with Crippen LogP contribution in [0.25, 0.3) is 0 Å². The number of amides is 1. The van der Waals surface area contributed by atoms with Gasteiger partial charge in [-0.3, -0.25) is 0 Å². The third-order valence-corrected chi connectivity index (χ3v) is 3.48. The fourth-order valence-electron chi connectivity index (χ4n) is 2.44. The predicted molar refractivity (Wildman–Crippen MR) is 59.9 cm³/mol. The van der Waals surface area contributed by atoms with Crippen molar-refractivity contribution in [1.29, 1.82) is 0 Å². The zero-order chi connectivity index (χ0) is 15.0. The quantitative estimate of drug-likeness (QED) is 0.758. The molecule has 9 heteroatoms. The highest BCUT2D eigenvalue weighted by molar-refractivity contribution is 5.76. The standard InChI is InChI=1S/C11H15F3N2O4/c1-2-19-9(18)16-4-3-7-10(6-16,5-15-7)20-8(17)11(12,13)14/h7,15H,2-6H2,1H3. The number of piperidine rings is 1. The van der Waals surface area contributed by atoms with E-state index in [-0.39, 0.29) is 25.7 Å². The molecule has 6 nitrogen and oxygen atoms in total. The van der Waals surface area contributed by atoms with Crippen molar-refractivity contribution in [3.8, 4) is 0 Å². The minimum atomic E-state index is -5.04. The average molecular weight is 296 g/mol. The van der Waals surface area contributed by atoms with Crippen LogP contribution in [0.15, 0.2) is 0 Å². The topological polar surface area (TPSA) is 67.9 Å². The summed E-state index contributed by atoms with van der Waals surface area (Å²) in [5.74, 6) is -2.23. The summed E-state index contributed by atoms with van der Waals surface area (Å²) < 4.78 is 46.3. The molecule has 114 valence electrons. The molecular weight excluding hydrogens is 281 g/mol. The van der Waals surface area contributed by atoms with Gasteiger partial charge in [-0.15, -0.1) is 0 Å². The first-order chi connectivity index (χ1) is 9.28. The molecule has 0 bridgehead atoms. The van der Waals surface area contributed by atoms with Crippen LogP contribution >= 0.6 is 0 Å². The normalized spacial score (nSPS) is 29.2. The lowest BCUT2D eigenvalue weighted by molar-refractivity contribution is -0.228. The summed E-state index contributed by atoms with van der Waals surface area (Å²) in [7, 11) is 0. The van der Waals surface area contributed by atoms with Gasteiger partial charge in [0.1, 0.15) is 0 Å². The number of alkyl halides is 3. The lowest BCUT2D eigenvalue weighted by Crippen LogP contribution is -2.77. The van der Waals surface area contributed by atoms with Crippen LogP contribution in [0.3, 0.4) is 0 Å². The van der Waals surface area contributed by atoms with Gasteiger partial charge in [0, 0.05) is 13.1 Å². The van der Waals surface area contributed by atoms with Crippen LogP contribution in [0.2, 0.25) is 0 Å². The number of rotatable bonds is 2. The lowest BCUT2D eigenvalue weighted by Gasteiger charge is -2.54. The third-order valence-electron chi connectivity index (χ3n) is 3.48. The highest BCUT2D eigenvalue weighted by Crippen LogP contribution is 2.34. The molecule has 0 aromatic heterocycles. The van der Waals surface area contributed by atoms with E-state index < -0.39 is 23.8 Å². The number of fused-ring (bicyclic) bond motifs is 1. The first-order valence-electron chi connectivity index (χ1n) is 6.24. The number of ether oxygens (including phenoxy) is 2. The Bertz CT molecular complexity index is 415. The molecule has 2 saturated heterocycles. The highest BCUT2D eigenvalue weighted by atomic mass is 19.4. The molecule has 0 aromatic rings. The number of likely N-dealkylation sites (tertiary alicyclic amines) is 1. The summed E-state index contributed by atoms with van der Waals surface area (Å²) in [5.41, 5.74) is -1.31. The maximum Gasteiger partial charge on any atom is 0.490 e. The van der Waals surface area contributed by atoms with Gasteiger partial charge in [0.2, 0.25) is 0 Å². The van der Waals surface area contributed by atoms with Crippen molar-refractivity contribution in [2.24, 2.45) is 0 Å². The number of nitrogens with zero attached hydrogens (tertiary/aromatic N) is 1. The van der Waals surface area contributed by atoms with Crippen molar-refractivity contribution in [2.45, 2.75) is 31.2 Å². The number of carbonyl (C=O) groups excluding carboxylic acids is 2. The Morgan fingerprint density at radius 1 is 1.45 bits per heavy atom. The van der Waals surface area contributed by atoms with Crippen LogP contribution in [-0.4, -0.2) is 61.0 Å². The first kappa shape index (κ1) is 14.9. The molecule has 2 aliphatic heterocycles. The SMILES string of the molecule is CCOC(=O)N1CCC2NCC2(OC(=O)C(F)(F)F)C1. The summed E-state index contributed by atoms with van der Waals surface area (Å²) in [6.45, 7) is 2.16. The first-order valence-corrected chi connectivity index (χ1v) is 6.24. The predicted octanol–water partition coefficient (Wildman–Crippen LogP) is 0.665. The molecule has 2 heterocycles. The van der Waals surface area contributed by atoms with E-state index in [1.54, 1.807) is 6.92 Å². The molecule has 2 fully saturated rings. The minimum absolute atomic E-state index is 0.0919. The smallest absolute Gasteiger partial charge is 0.450 e. The molecule has 2 rings (SSSR count). The van der Waals surface area contributed by atoms with Crippen molar-refractivity contribution in [2.75, 3.05) is 26.2 Å².